The molecule has 15 heavy (non-hydrogen) atoms. The van der Waals surface area contributed by atoms with Crippen LogP contribution < -0.4 is 0 Å². The summed E-state index contributed by atoms with van der Waals surface area (Å²) in [4.78, 5) is 13.8. The predicted octanol–water partition coefficient (Wildman–Crippen LogP) is 0.801. The number of nitrogens with zero attached hydrogens (tertiary/aromatic N) is 1. The molecule has 0 saturated carbocycles. The third-order valence-electron chi connectivity index (χ3n) is 3.04. The van der Waals surface area contributed by atoms with Crippen LogP contribution in [0, 0.1) is 0 Å². The minimum absolute atomic E-state index is 0.0526. The predicted molar refractivity (Wildman–Crippen MR) is 55.6 cm³/mol. The molecular formula is C11H19NO3. The van der Waals surface area contributed by atoms with E-state index in [4.69, 9.17) is 9.47 Å². The Labute approximate surface area is 90.5 Å². The maximum atomic E-state index is 11.6. The lowest BCUT2D eigenvalue weighted by molar-refractivity contribution is -0.149. The SMILES string of the molecule is C[C@H]1C[C@@H](N2CCOC(C)(C)C2)C(=O)O1. The first kappa shape index (κ1) is 10.9. The molecule has 2 aliphatic rings. The molecule has 2 heterocycles. The topological polar surface area (TPSA) is 38.8 Å². The fraction of sp³-hybridized carbons (Fsp3) is 0.909. The fourth-order valence-corrected chi connectivity index (χ4v) is 2.35. The Kier molecular flexibility index (Phi) is 2.73. The van der Waals surface area contributed by atoms with Crippen LogP contribution in [0.5, 0.6) is 0 Å². The summed E-state index contributed by atoms with van der Waals surface area (Å²) in [5, 5.41) is 0. The molecule has 86 valence electrons. The van der Waals surface area contributed by atoms with Gasteiger partial charge in [0.1, 0.15) is 12.1 Å². The van der Waals surface area contributed by atoms with E-state index >= 15 is 0 Å². The van der Waals surface area contributed by atoms with Crippen LogP contribution in [0.4, 0.5) is 0 Å². The molecule has 2 rings (SSSR count). The van der Waals surface area contributed by atoms with Crippen LogP contribution in [0.1, 0.15) is 27.2 Å². The zero-order chi connectivity index (χ0) is 11.1. The van der Waals surface area contributed by atoms with E-state index in [1.54, 1.807) is 0 Å². The average Bonchev–Trinajstić information content (AvgIpc) is 2.43. The first-order chi connectivity index (χ1) is 6.98. The lowest BCUT2D eigenvalue weighted by Crippen LogP contribution is -2.53. The van der Waals surface area contributed by atoms with Crippen molar-refractivity contribution in [2.45, 2.75) is 44.9 Å². The summed E-state index contributed by atoms with van der Waals surface area (Å²) in [6.45, 7) is 8.40. The second-order valence-corrected chi connectivity index (χ2v) is 5.08. The molecule has 0 bridgehead atoms. The van der Waals surface area contributed by atoms with E-state index in [1.165, 1.54) is 0 Å². The van der Waals surface area contributed by atoms with Gasteiger partial charge in [0.15, 0.2) is 0 Å². The minimum atomic E-state index is -0.148. The molecule has 0 spiro atoms. The maximum absolute atomic E-state index is 11.6. The number of hydrogen-bond acceptors (Lipinski definition) is 4. The third-order valence-corrected chi connectivity index (χ3v) is 3.04. The van der Waals surface area contributed by atoms with Gasteiger partial charge >= 0.3 is 5.97 Å². The molecule has 0 aliphatic carbocycles. The second-order valence-electron chi connectivity index (χ2n) is 5.08. The van der Waals surface area contributed by atoms with Crippen molar-refractivity contribution >= 4 is 5.97 Å². The number of carbonyl (C=O) groups is 1. The van der Waals surface area contributed by atoms with Crippen molar-refractivity contribution in [1.29, 1.82) is 0 Å². The first-order valence-corrected chi connectivity index (χ1v) is 5.56. The molecule has 4 heteroatoms. The highest BCUT2D eigenvalue weighted by Crippen LogP contribution is 2.25. The van der Waals surface area contributed by atoms with Gasteiger partial charge in [-0.2, -0.15) is 0 Å². The number of esters is 1. The van der Waals surface area contributed by atoms with Gasteiger partial charge in [-0.25, -0.2) is 0 Å². The molecule has 0 radical (unpaired) electrons. The van der Waals surface area contributed by atoms with Crippen molar-refractivity contribution in [1.82, 2.24) is 4.90 Å². The monoisotopic (exact) mass is 213 g/mol. The Balaban J connectivity index is 2.01. The van der Waals surface area contributed by atoms with E-state index in [0.29, 0.717) is 6.61 Å². The summed E-state index contributed by atoms with van der Waals surface area (Å²) < 4.78 is 10.8. The molecule has 2 saturated heterocycles. The van der Waals surface area contributed by atoms with Crippen LogP contribution in [0.3, 0.4) is 0 Å². The zero-order valence-electron chi connectivity index (χ0n) is 9.66. The van der Waals surface area contributed by atoms with E-state index in [9.17, 15) is 4.79 Å². The van der Waals surface area contributed by atoms with E-state index in [-0.39, 0.29) is 23.7 Å². The first-order valence-electron chi connectivity index (χ1n) is 5.56. The minimum Gasteiger partial charge on any atom is -0.461 e. The van der Waals surface area contributed by atoms with Crippen LogP contribution >= 0.6 is 0 Å². The molecule has 0 N–H and O–H groups in total. The van der Waals surface area contributed by atoms with Gasteiger partial charge in [0.05, 0.1) is 12.2 Å². The van der Waals surface area contributed by atoms with E-state index in [0.717, 1.165) is 19.5 Å². The third kappa shape index (κ3) is 2.32. The highest BCUT2D eigenvalue weighted by molar-refractivity contribution is 5.78. The van der Waals surface area contributed by atoms with Crippen molar-refractivity contribution in [3.05, 3.63) is 0 Å². The number of carbonyl (C=O) groups excluding carboxylic acids is 1. The summed E-state index contributed by atoms with van der Waals surface area (Å²) >= 11 is 0. The van der Waals surface area contributed by atoms with Crippen LogP contribution in [-0.4, -0.2) is 48.3 Å². The number of morpholine rings is 1. The molecule has 0 aromatic rings. The van der Waals surface area contributed by atoms with Gasteiger partial charge in [0, 0.05) is 19.5 Å². The maximum Gasteiger partial charge on any atom is 0.323 e. The normalized spacial score (nSPS) is 36.6. The lowest BCUT2D eigenvalue weighted by Gasteiger charge is -2.39. The van der Waals surface area contributed by atoms with E-state index < -0.39 is 0 Å². The lowest BCUT2D eigenvalue weighted by atomic mass is 10.0. The van der Waals surface area contributed by atoms with Gasteiger partial charge in [-0.3, -0.25) is 9.69 Å². The summed E-state index contributed by atoms with van der Waals surface area (Å²) in [6, 6.07) is -0.0526. The van der Waals surface area contributed by atoms with Crippen molar-refractivity contribution in [2.24, 2.45) is 0 Å². The van der Waals surface area contributed by atoms with Gasteiger partial charge in [-0.1, -0.05) is 0 Å². The highest BCUT2D eigenvalue weighted by Gasteiger charge is 2.40. The largest absolute Gasteiger partial charge is 0.461 e. The number of ether oxygens (including phenoxy) is 2. The summed E-state index contributed by atoms with van der Waals surface area (Å²) in [5.41, 5.74) is -0.148. The van der Waals surface area contributed by atoms with Gasteiger partial charge < -0.3 is 9.47 Å². The Hall–Kier alpha value is -0.610. The quantitative estimate of drug-likeness (QED) is 0.604. The van der Waals surface area contributed by atoms with Crippen LogP contribution in [0.25, 0.3) is 0 Å². The number of hydrogen-bond donors (Lipinski definition) is 0. The molecule has 4 nitrogen and oxygen atoms in total. The smallest absolute Gasteiger partial charge is 0.323 e. The fourth-order valence-electron chi connectivity index (χ4n) is 2.35. The van der Waals surface area contributed by atoms with E-state index in [1.807, 2.05) is 6.92 Å². The van der Waals surface area contributed by atoms with Crippen molar-refractivity contribution in [2.75, 3.05) is 19.7 Å². The van der Waals surface area contributed by atoms with Crippen molar-refractivity contribution in [3.8, 4) is 0 Å². The molecule has 0 aromatic carbocycles. The van der Waals surface area contributed by atoms with E-state index in [2.05, 4.69) is 18.7 Å². The molecule has 0 aromatic heterocycles. The van der Waals surface area contributed by atoms with Crippen molar-refractivity contribution in [3.63, 3.8) is 0 Å². The Morgan fingerprint density at radius 3 is 2.73 bits per heavy atom. The summed E-state index contributed by atoms with van der Waals surface area (Å²) in [7, 11) is 0. The van der Waals surface area contributed by atoms with Crippen LogP contribution in [0.2, 0.25) is 0 Å². The second kappa shape index (κ2) is 3.76. The molecule has 2 fully saturated rings. The molecule has 0 amide bonds. The van der Waals surface area contributed by atoms with Crippen LogP contribution in [-0.2, 0) is 14.3 Å². The van der Waals surface area contributed by atoms with Gasteiger partial charge in [0.2, 0.25) is 0 Å². The Morgan fingerprint density at radius 1 is 1.47 bits per heavy atom. The molecular weight excluding hydrogens is 194 g/mol. The number of cyclic esters (lactones) is 1. The van der Waals surface area contributed by atoms with Crippen LogP contribution in [0.15, 0.2) is 0 Å². The van der Waals surface area contributed by atoms with Gasteiger partial charge in [-0.05, 0) is 20.8 Å². The standard InChI is InChI=1S/C11H19NO3/c1-8-6-9(10(13)15-8)12-4-5-14-11(2,3)7-12/h8-9H,4-7H2,1-3H3/t8-,9+/m0/s1. The Bertz CT molecular complexity index is 265. The van der Waals surface area contributed by atoms with Gasteiger partial charge in [-0.15, -0.1) is 0 Å². The Morgan fingerprint density at radius 2 is 2.20 bits per heavy atom. The molecule has 0 unspecified atom stereocenters. The summed E-state index contributed by atoms with van der Waals surface area (Å²) in [5.74, 6) is -0.0693. The van der Waals surface area contributed by atoms with Gasteiger partial charge in [0.25, 0.3) is 0 Å². The molecule has 2 aliphatic heterocycles. The average molecular weight is 213 g/mol. The van der Waals surface area contributed by atoms with Crippen molar-refractivity contribution < 1.29 is 14.3 Å². The highest BCUT2D eigenvalue weighted by atomic mass is 16.6. The molecule has 2 atom stereocenters. The number of rotatable bonds is 1. The summed E-state index contributed by atoms with van der Waals surface area (Å²) in [6.07, 6.45) is 0.878. The zero-order valence-corrected chi connectivity index (χ0v) is 9.66.